The number of fused-ring (bicyclic) bond motifs is 3. The largest absolute Gasteiger partial charge is 0.497 e. The van der Waals surface area contributed by atoms with Crippen LogP contribution in [0.15, 0.2) is 37.9 Å². The number of furan rings is 1. The maximum Gasteiger partial charge on any atom is 0.340 e. The van der Waals surface area contributed by atoms with Gasteiger partial charge in [-0.3, -0.25) is 4.79 Å². The number of nitrogens with one attached hydrogen (secondary N) is 1. The van der Waals surface area contributed by atoms with Gasteiger partial charge in [-0.25, -0.2) is 4.79 Å². The summed E-state index contributed by atoms with van der Waals surface area (Å²) in [7, 11) is 3.06. The summed E-state index contributed by atoms with van der Waals surface area (Å²) in [6, 6.07) is 6.92. The summed E-state index contributed by atoms with van der Waals surface area (Å²) < 4.78 is 22.1. The summed E-state index contributed by atoms with van der Waals surface area (Å²) in [5.41, 5.74) is 4.06. The first kappa shape index (κ1) is 21.5. The molecule has 0 aliphatic carbocycles. The monoisotopic (exact) mass is 435 g/mol. The Morgan fingerprint density at radius 2 is 1.72 bits per heavy atom. The van der Waals surface area contributed by atoms with Crippen molar-refractivity contribution >= 4 is 33.5 Å². The number of carbonyl (C=O) groups excluding carboxylic acids is 1. The number of rotatable bonds is 5. The molecule has 0 aliphatic heterocycles. The average molecular weight is 435 g/mol. The summed E-state index contributed by atoms with van der Waals surface area (Å²) in [5.74, 6) is 1.51. The van der Waals surface area contributed by atoms with Crippen LogP contribution >= 0.6 is 0 Å². The summed E-state index contributed by atoms with van der Waals surface area (Å²) in [5, 5.41) is 4.52. The van der Waals surface area contributed by atoms with Crippen LogP contribution in [0.25, 0.3) is 21.9 Å². The summed E-state index contributed by atoms with van der Waals surface area (Å²) >= 11 is 0. The Morgan fingerprint density at radius 3 is 2.41 bits per heavy atom. The zero-order valence-electron chi connectivity index (χ0n) is 19.0. The molecule has 1 amide bonds. The molecule has 0 radical (unpaired) electrons. The number of carbonyl (C=O) groups is 1. The number of benzene rings is 2. The van der Waals surface area contributed by atoms with Gasteiger partial charge in [0.05, 0.1) is 37.3 Å². The fourth-order valence-electron chi connectivity index (χ4n) is 4.09. The molecule has 0 unspecified atom stereocenters. The molecule has 0 atom stereocenters. The smallest absolute Gasteiger partial charge is 0.340 e. The second-order valence-electron chi connectivity index (χ2n) is 7.84. The van der Waals surface area contributed by atoms with Gasteiger partial charge in [0.15, 0.2) is 0 Å². The van der Waals surface area contributed by atoms with Gasteiger partial charge < -0.3 is 23.6 Å². The Bertz CT molecular complexity index is 1430. The maximum atomic E-state index is 12.8. The molecule has 2 heterocycles. The van der Waals surface area contributed by atoms with Crippen molar-refractivity contribution in [1.29, 1.82) is 0 Å². The van der Waals surface area contributed by atoms with E-state index in [2.05, 4.69) is 5.32 Å². The van der Waals surface area contributed by atoms with Crippen LogP contribution in [0.3, 0.4) is 0 Å². The predicted octanol–water partition coefficient (Wildman–Crippen LogP) is 4.97. The van der Waals surface area contributed by atoms with Gasteiger partial charge in [0, 0.05) is 11.5 Å². The van der Waals surface area contributed by atoms with E-state index in [9.17, 15) is 9.59 Å². The van der Waals surface area contributed by atoms with Crippen LogP contribution in [0.2, 0.25) is 0 Å². The van der Waals surface area contributed by atoms with Crippen LogP contribution in [0, 0.1) is 27.7 Å². The van der Waals surface area contributed by atoms with Crippen molar-refractivity contribution in [2.24, 2.45) is 0 Å². The van der Waals surface area contributed by atoms with Crippen LogP contribution in [0.1, 0.15) is 28.0 Å². The summed E-state index contributed by atoms with van der Waals surface area (Å²) in [4.78, 5) is 25.6. The Morgan fingerprint density at radius 1 is 0.969 bits per heavy atom. The Kier molecular flexibility index (Phi) is 5.42. The molecule has 32 heavy (non-hydrogen) atoms. The second-order valence-corrected chi connectivity index (χ2v) is 7.84. The SMILES string of the molecule is COc1ccc(NC(=O)Cc2c(C)c3c(cc(C)c4c(C)c(C)oc43)oc2=O)c(OC)c1. The minimum Gasteiger partial charge on any atom is -0.497 e. The normalized spacial score (nSPS) is 11.2. The van der Waals surface area contributed by atoms with Crippen LogP contribution < -0.4 is 20.4 Å². The van der Waals surface area contributed by atoms with E-state index in [0.29, 0.717) is 44.9 Å². The number of aryl methyl sites for hydroxylation is 4. The van der Waals surface area contributed by atoms with Gasteiger partial charge in [-0.15, -0.1) is 0 Å². The van der Waals surface area contributed by atoms with Crippen molar-refractivity contribution in [3.05, 3.63) is 62.7 Å². The lowest BCUT2D eigenvalue weighted by molar-refractivity contribution is -0.115. The number of amides is 1. The van der Waals surface area contributed by atoms with Gasteiger partial charge in [0.2, 0.25) is 5.91 Å². The van der Waals surface area contributed by atoms with E-state index in [-0.39, 0.29) is 12.3 Å². The first-order valence-electron chi connectivity index (χ1n) is 10.2. The zero-order valence-corrected chi connectivity index (χ0v) is 19.0. The zero-order chi connectivity index (χ0) is 23.2. The van der Waals surface area contributed by atoms with E-state index < -0.39 is 5.63 Å². The molecule has 166 valence electrons. The molecule has 0 fully saturated rings. The lowest BCUT2D eigenvalue weighted by atomic mass is 9.98. The summed E-state index contributed by atoms with van der Waals surface area (Å²) in [6.45, 7) is 7.69. The number of ether oxygens (including phenoxy) is 2. The number of anilines is 1. The highest BCUT2D eigenvalue weighted by atomic mass is 16.5. The van der Waals surface area contributed by atoms with Crippen molar-refractivity contribution in [3.8, 4) is 11.5 Å². The lowest BCUT2D eigenvalue weighted by Gasteiger charge is -2.13. The van der Waals surface area contributed by atoms with E-state index in [1.807, 2.05) is 33.8 Å². The third kappa shape index (κ3) is 3.49. The highest BCUT2D eigenvalue weighted by Crippen LogP contribution is 2.36. The highest BCUT2D eigenvalue weighted by Gasteiger charge is 2.21. The quantitative estimate of drug-likeness (QED) is 0.445. The third-order valence-corrected chi connectivity index (χ3v) is 5.90. The predicted molar refractivity (Wildman–Crippen MR) is 123 cm³/mol. The first-order chi connectivity index (χ1) is 15.2. The Balaban J connectivity index is 1.76. The molecule has 0 saturated carbocycles. The van der Waals surface area contributed by atoms with Crippen LogP contribution in [0.4, 0.5) is 5.69 Å². The third-order valence-electron chi connectivity index (χ3n) is 5.90. The average Bonchev–Trinajstić information content (AvgIpc) is 3.05. The lowest BCUT2D eigenvalue weighted by Crippen LogP contribution is -2.21. The Hall–Kier alpha value is -3.74. The molecule has 2 aromatic carbocycles. The molecule has 0 aliphatic rings. The van der Waals surface area contributed by atoms with Crippen LogP contribution in [-0.4, -0.2) is 20.1 Å². The van der Waals surface area contributed by atoms with Gasteiger partial charge in [0.1, 0.15) is 28.4 Å². The topological polar surface area (TPSA) is 90.9 Å². The molecular weight excluding hydrogens is 410 g/mol. The Labute approximate surface area is 184 Å². The van der Waals surface area contributed by atoms with Gasteiger partial charge >= 0.3 is 5.63 Å². The highest BCUT2D eigenvalue weighted by molar-refractivity contribution is 6.07. The molecule has 7 heteroatoms. The van der Waals surface area contributed by atoms with E-state index in [4.69, 9.17) is 18.3 Å². The maximum absolute atomic E-state index is 12.8. The van der Waals surface area contributed by atoms with Crippen molar-refractivity contribution in [2.45, 2.75) is 34.1 Å². The van der Waals surface area contributed by atoms with E-state index in [0.717, 1.165) is 22.3 Å². The summed E-state index contributed by atoms with van der Waals surface area (Å²) in [6.07, 6.45) is -0.146. The van der Waals surface area contributed by atoms with Crippen molar-refractivity contribution in [2.75, 3.05) is 19.5 Å². The first-order valence-corrected chi connectivity index (χ1v) is 10.2. The van der Waals surface area contributed by atoms with Gasteiger partial charge in [-0.05, 0) is 62.6 Å². The van der Waals surface area contributed by atoms with Crippen LogP contribution in [0.5, 0.6) is 11.5 Å². The van der Waals surface area contributed by atoms with Gasteiger partial charge in [-0.2, -0.15) is 0 Å². The van der Waals surface area contributed by atoms with Crippen molar-refractivity contribution in [3.63, 3.8) is 0 Å². The molecule has 7 nitrogen and oxygen atoms in total. The van der Waals surface area contributed by atoms with Gasteiger partial charge in [-0.1, -0.05) is 0 Å². The van der Waals surface area contributed by atoms with E-state index in [1.165, 1.54) is 7.11 Å². The van der Waals surface area contributed by atoms with Crippen molar-refractivity contribution < 1.29 is 23.1 Å². The molecule has 4 rings (SSSR count). The fraction of sp³-hybridized carbons (Fsp3) is 0.280. The molecule has 4 aromatic rings. The minimum atomic E-state index is -0.536. The van der Waals surface area contributed by atoms with Crippen LogP contribution in [-0.2, 0) is 11.2 Å². The number of methoxy groups -OCH3 is 2. The molecule has 0 saturated heterocycles. The molecule has 1 N–H and O–H groups in total. The standard InChI is InChI=1S/C25H25NO6/c1-12-9-20-23(24-22(12)13(2)15(4)31-24)14(3)17(25(28)32-20)11-21(27)26-18-8-7-16(29-5)10-19(18)30-6/h7-10H,11H2,1-6H3,(H,26,27). The van der Waals surface area contributed by atoms with E-state index >= 15 is 0 Å². The number of hydrogen-bond donors (Lipinski definition) is 1. The minimum absolute atomic E-state index is 0.146. The fourth-order valence-corrected chi connectivity index (χ4v) is 4.09. The van der Waals surface area contributed by atoms with E-state index in [1.54, 1.807) is 25.3 Å². The molecule has 0 bridgehead atoms. The number of hydrogen-bond acceptors (Lipinski definition) is 6. The second kappa shape index (κ2) is 8.07. The molecule has 2 aromatic heterocycles. The molecule has 0 spiro atoms. The van der Waals surface area contributed by atoms with Gasteiger partial charge in [0.25, 0.3) is 0 Å². The van der Waals surface area contributed by atoms with Crippen molar-refractivity contribution in [1.82, 2.24) is 0 Å². The molecular formula is C25H25NO6.